The topological polar surface area (TPSA) is 88.7 Å². The Morgan fingerprint density at radius 3 is 2.37 bits per heavy atom. The molecule has 0 aromatic heterocycles. The number of amides is 2. The molecule has 160 valence electrons. The monoisotopic (exact) mass is 493 g/mol. The van der Waals surface area contributed by atoms with Gasteiger partial charge in [-0.05, 0) is 89.9 Å². The van der Waals surface area contributed by atoms with Crippen LogP contribution in [0.25, 0.3) is 0 Å². The van der Waals surface area contributed by atoms with Crippen LogP contribution in [0.5, 0.6) is 11.5 Å². The first-order valence-electron chi connectivity index (χ1n) is 9.32. The van der Waals surface area contributed by atoms with Gasteiger partial charge >= 0.3 is 0 Å². The Hall–Kier alpha value is -2.65. The lowest BCUT2D eigenvalue weighted by atomic mass is 10.1. The van der Waals surface area contributed by atoms with Crippen molar-refractivity contribution in [2.45, 2.75) is 27.2 Å². The number of benzene rings is 2. The summed E-state index contributed by atoms with van der Waals surface area (Å²) in [5.41, 5.74) is 7.34. The van der Waals surface area contributed by atoms with Gasteiger partial charge in [0.05, 0.1) is 11.1 Å². The highest BCUT2D eigenvalue weighted by Gasteiger charge is 2.11. The molecule has 0 atom stereocenters. The molecule has 0 aliphatic heterocycles. The van der Waals surface area contributed by atoms with Crippen LogP contribution in [0, 0.1) is 13.8 Å². The van der Waals surface area contributed by atoms with Crippen molar-refractivity contribution in [3.63, 3.8) is 0 Å². The Morgan fingerprint density at radius 1 is 1.03 bits per heavy atom. The number of hydrazine groups is 1. The normalized spacial score (nSPS) is 10.1. The second-order valence-electron chi connectivity index (χ2n) is 6.56. The zero-order valence-corrected chi connectivity index (χ0v) is 19.4. The molecular weight excluding hydrogens is 470 g/mol. The molecule has 3 N–H and O–H groups in total. The van der Waals surface area contributed by atoms with Crippen molar-refractivity contribution in [2.24, 2.45) is 0 Å². The first kappa shape index (κ1) is 23.6. The van der Waals surface area contributed by atoms with E-state index in [-0.39, 0.29) is 11.7 Å². The van der Waals surface area contributed by atoms with E-state index >= 15 is 0 Å². The number of rotatable bonds is 7. The molecule has 2 amide bonds. The van der Waals surface area contributed by atoms with Gasteiger partial charge in [-0.25, -0.2) is 0 Å². The van der Waals surface area contributed by atoms with Crippen LogP contribution in [-0.4, -0.2) is 30.1 Å². The molecule has 0 heterocycles. The van der Waals surface area contributed by atoms with Crippen LogP contribution in [0.1, 0.15) is 34.8 Å². The van der Waals surface area contributed by atoms with Crippen molar-refractivity contribution in [2.75, 3.05) is 13.2 Å². The predicted octanol–water partition coefficient (Wildman–Crippen LogP) is 3.57. The summed E-state index contributed by atoms with van der Waals surface area (Å²) in [7, 11) is 0. The Bertz CT molecular complexity index is 916. The number of carbonyl (C=O) groups excluding carboxylic acids is 2. The molecule has 0 bridgehead atoms. The van der Waals surface area contributed by atoms with Crippen LogP contribution in [-0.2, 0) is 4.79 Å². The van der Waals surface area contributed by atoms with E-state index < -0.39 is 11.8 Å². The van der Waals surface area contributed by atoms with Gasteiger partial charge in [-0.2, -0.15) is 0 Å². The van der Waals surface area contributed by atoms with E-state index in [1.807, 2.05) is 39.0 Å². The van der Waals surface area contributed by atoms with Crippen LogP contribution in [0.2, 0.25) is 0 Å². The Kier molecular flexibility index (Phi) is 9.07. The van der Waals surface area contributed by atoms with E-state index in [2.05, 4.69) is 32.1 Å². The Morgan fingerprint density at radius 2 is 1.73 bits per heavy atom. The highest BCUT2D eigenvalue weighted by Crippen LogP contribution is 2.26. The molecule has 0 saturated carbocycles. The van der Waals surface area contributed by atoms with E-state index in [0.29, 0.717) is 28.1 Å². The molecule has 0 fully saturated rings. The van der Waals surface area contributed by atoms with E-state index in [1.165, 1.54) is 0 Å². The van der Waals surface area contributed by atoms with Gasteiger partial charge in [0.25, 0.3) is 11.8 Å². The van der Waals surface area contributed by atoms with Gasteiger partial charge in [0.2, 0.25) is 0 Å². The van der Waals surface area contributed by atoms with Crippen molar-refractivity contribution in [3.05, 3.63) is 57.6 Å². The number of aryl methyl sites for hydroxylation is 2. The maximum atomic E-state index is 12.3. The number of carbonyl (C=O) groups is 2. The summed E-state index contributed by atoms with van der Waals surface area (Å²) in [6.45, 7) is 6.31. The predicted molar refractivity (Wildman–Crippen MR) is 123 cm³/mol. The first-order valence-corrected chi connectivity index (χ1v) is 10.5. The molecule has 2 aromatic rings. The van der Waals surface area contributed by atoms with E-state index in [4.69, 9.17) is 21.7 Å². The molecule has 0 unspecified atom stereocenters. The number of thiocarbonyl (C=S) groups is 1. The minimum atomic E-state index is -0.439. The number of halogens is 1. The fourth-order valence-corrected chi connectivity index (χ4v) is 3.14. The minimum Gasteiger partial charge on any atom is -0.492 e. The zero-order chi connectivity index (χ0) is 22.1. The summed E-state index contributed by atoms with van der Waals surface area (Å²) >= 11 is 8.42. The third-order valence-corrected chi connectivity index (χ3v) is 4.59. The van der Waals surface area contributed by atoms with Gasteiger partial charge in [0.1, 0.15) is 11.5 Å². The molecule has 0 saturated heterocycles. The molecule has 2 rings (SSSR count). The summed E-state index contributed by atoms with van der Waals surface area (Å²) in [5, 5.41) is 2.45. The summed E-state index contributed by atoms with van der Waals surface area (Å²) in [4.78, 5) is 24.2. The Labute approximate surface area is 189 Å². The van der Waals surface area contributed by atoms with Gasteiger partial charge in [-0.3, -0.25) is 25.8 Å². The van der Waals surface area contributed by atoms with Gasteiger partial charge < -0.3 is 9.47 Å². The fraction of sp³-hybridized carbons (Fsp3) is 0.286. The smallest absolute Gasteiger partial charge is 0.276 e. The third kappa shape index (κ3) is 7.64. The van der Waals surface area contributed by atoms with Crippen LogP contribution >= 0.6 is 28.1 Å². The van der Waals surface area contributed by atoms with E-state index in [1.54, 1.807) is 18.2 Å². The van der Waals surface area contributed by atoms with Crippen LogP contribution < -0.4 is 25.6 Å². The Balaban J connectivity index is 1.78. The minimum absolute atomic E-state index is 0.0396. The third-order valence-electron chi connectivity index (χ3n) is 3.76. The molecular formula is C21H24BrN3O4S. The molecule has 7 nitrogen and oxygen atoms in total. The second-order valence-corrected chi connectivity index (χ2v) is 7.82. The van der Waals surface area contributed by atoms with Crippen LogP contribution in [0.3, 0.4) is 0 Å². The van der Waals surface area contributed by atoms with Gasteiger partial charge in [0, 0.05) is 5.56 Å². The molecule has 0 aliphatic carbocycles. The largest absolute Gasteiger partial charge is 0.492 e. The highest BCUT2D eigenvalue weighted by molar-refractivity contribution is 9.10. The van der Waals surface area contributed by atoms with Crippen molar-refractivity contribution in [1.29, 1.82) is 0 Å². The lowest BCUT2D eigenvalue weighted by Crippen LogP contribution is -2.49. The summed E-state index contributed by atoms with van der Waals surface area (Å²) in [6, 6.07) is 10.7. The second kappa shape index (κ2) is 11.5. The van der Waals surface area contributed by atoms with Gasteiger partial charge in [-0.1, -0.05) is 13.0 Å². The highest BCUT2D eigenvalue weighted by atomic mass is 79.9. The van der Waals surface area contributed by atoms with Crippen molar-refractivity contribution in [3.8, 4) is 11.5 Å². The average molecular weight is 494 g/mol. The maximum absolute atomic E-state index is 12.3. The molecule has 0 radical (unpaired) electrons. The molecule has 30 heavy (non-hydrogen) atoms. The van der Waals surface area contributed by atoms with Crippen LogP contribution in [0.4, 0.5) is 0 Å². The molecule has 0 aliphatic rings. The summed E-state index contributed by atoms with van der Waals surface area (Å²) in [5.74, 6) is 0.405. The zero-order valence-electron chi connectivity index (χ0n) is 17.0. The van der Waals surface area contributed by atoms with Crippen LogP contribution in [0.15, 0.2) is 40.9 Å². The molecule has 0 spiro atoms. The fourth-order valence-electron chi connectivity index (χ4n) is 2.51. The van der Waals surface area contributed by atoms with Gasteiger partial charge in [-0.15, -0.1) is 0 Å². The maximum Gasteiger partial charge on any atom is 0.276 e. The average Bonchev–Trinajstić information content (AvgIpc) is 2.69. The number of nitrogens with one attached hydrogen (secondary N) is 3. The summed E-state index contributed by atoms with van der Waals surface area (Å²) in [6.07, 6.45) is 0.885. The SMILES string of the molecule is CCCOc1ccc(C(=O)NC(=S)NNC(=O)COc2cc(C)cc(C)c2)cc1Br. The van der Waals surface area contributed by atoms with Gasteiger partial charge in [0.15, 0.2) is 11.7 Å². The van der Waals surface area contributed by atoms with Crippen molar-refractivity contribution in [1.82, 2.24) is 16.2 Å². The van der Waals surface area contributed by atoms with Crippen molar-refractivity contribution < 1.29 is 19.1 Å². The standard InChI is InChI=1S/C21H24BrN3O4S/c1-4-7-28-18-6-5-15(11-17(18)22)20(27)23-21(30)25-24-19(26)12-29-16-9-13(2)8-14(3)10-16/h5-6,8-11H,4,7,12H2,1-3H3,(H,24,26)(H2,23,25,27,30). The first-order chi connectivity index (χ1) is 14.3. The lowest BCUT2D eigenvalue weighted by Gasteiger charge is -2.12. The number of ether oxygens (including phenoxy) is 2. The van der Waals surface area contributed by atoms with E-state index in [9.17, 15) is 9.59 Å². The van der Waals surface area contributed by atoms with E-state index in [0.717, 1.165) is 17.5 Å². The molecule has 9 heteroatoms. The quantitative estimate of drug-likeness (QED) is 0.403. The molecule has 2 aromatic carbocycles. The van der Waals surface area contributed by atoms with Crippen molar-refractivity contribution >= 4 is 45.1 Å². The number of hydrogen-bond donors (Lipinski definition) is 3. The summed E-state index contributed by atoms with van der Waals surface area (Å²) < 4.78 is 11.7. The lowest BCUT2D eigenvalue weighted by molar-refractivity contribution is -0.123. The number of hydrogen-bond acceptors (Lipinski definition) is 5.